The van der Waals surface area contributed by atoms with Crippen LogP contribution in [0.5, 0.6) is 0 Å². The van der Waals surface area contributed by atoms with Crippen LogP contribution in [0.3, 0.4) is 0 Å². The molecule has 0 amide bonds. The van der Waals surface area contributed by atoms with E-state index in [1.54, 1.807) is 6.33 Å². The fourth-order valence-corrected chi connectivity index (χ4v) is 3.43. The first-order valence-corrected chi connectivity index (χ1v) is 9.18. The topological polar surface area (TPSA) is 58.9 Å². The van der Waals surface area contributed by atoms with E-state index in [4.69, 9.17) is 0 Å². The molecule has 0 saturated carbocycles. The molecule has 0 atom stereocenters. The highest BCUT2D eigenvalue weighted by Gasteiger charge is 2.13. The monoisotopic (exact) mass is 348 g/mol. The fourth-order valence-electron chi connectivity index (χ4n) is 3.43. The van der Waals surface area contributed by atoms with Crippen LogP contribution in [0.15, 0.2) is 48.9 Å². The van der Waals surface area contributed by atoms with Gasteiger partial charge in [0.15, 0.2) is 0 Å². The molecule has 134 valence electrons. The van der Waals surface area contributed by atoms with Gasteiger partial charge in [0.2, 0.25) is 0 Å². The molecule has 1 aliphatic rings. The maximum atomic E-state index is 4.62. The van der Waals surface area contributed by atoms with E-state index in [0.717, 1.165) is 41.5 Å². The Morgan fingerprint density at radius 1 is 1.04 bits per heavy atom. The van der Waals surface area contributed by atoms with Crippen LogP contribution >= 0.6 is 0 Å². The first-order valence-electron chi connectivity index (χ1n) is 9.18. The number of piperidine rings is 1. The lowest BCUT2D eigenvalue weighted by Gasteiger charge is -2.27. The molecule has 1 aromatic carbocycles. The average molecular weight is 348 g/mol. The number of hydrogen-bond acceptors (Lipinski definition) is 5. The molecular formula is C20H24N6. The summed E-state index contributed by atoms with van der Waals surface area (Å²) in [4.78, 5) is 11.2. The molecular weight excluding hydrogens is 324 g/mol. The Labute approximate surface area is 153 Å². The lowest BCUT2D eigenvalue weighted by atomic mass is 10.1. The first-order chi connectivity index (χ1) is 12.8. The van der Waals surface area contributed by atoms with Crippen LogP contribution in [0.4, 0.5) is 11.6 Å². The Bertz CT molecular complexity index is 852. The molecule has 3 aromatic rings. The van der Waals surface area contributed by atoms with Crippen molar-refractivity contribution in [2.75, 3.05) is 23.3 Å². The summed E-state index contributed by atoms with van der Waals surface area (Å²) in [5.41, 5.74) is 3.28. The number of hydrogen-bond donors (Lipinski definition) is 1. The summed E-state index contributed by atoms with van der Waals surface area (Å²) in [6.45, 7) is 2.84. The van der Waals surface area contributed by atoms with E-state index in [1.165, 1.54) is 19.3 Å². The maximum Gasteiger partial charge on any atom is 0.134 e. The third-order valence-corrected chi connectivity index (χ3v) is 4.74. The summed E-state index contributed by atoms with van der Waals surface area (Å²) in [7, 11) is 1.95. The molecule has 0 radical (unpaired) electrons. The lowest BCUT2D eigenvalue weighted by Crippen LogP contribution is -2.30. The minimum Gasteiger partial charge on any atom is -0.366 e. The van der Waals surface area contributed by atoms with Gasteiger partial charge in [0.25, 0.3) is 0 Å². The Morgan fingerprint density at radius 3 is 2.65 bits per heavy atom. The molecule has 6 nitrogen and oxygen atoms in total. The van der Waals surface area contributed by atoms with E-state index in [1.807, 2.05) is 36.0 Å². The highest BCUT2D eigenvalue weighted by molar-refractivity contribution is 5.63. The van der Waals surface area contributed by atoms with Gasteiger partial charge >= 0.3 is 0 Å². The van der Waals surface area contributed by atoms with Gasteiger partial charge in [-0.25, -0.2) is 9.97 Å². The molecule has 0 unspecified atom stereocenters. The third kappa shape index (κ3) is 3.69. The van der Waals surface area contributed by atoms with E-state index in [-0.39, 0.29) is 0 Å². The van der Waals surface area contributed by atoms with Crippen molar-refractivity contribution in [1.82, 2.24) is 19.7 Å². The van der Waals surface area contributed by atoms with Crippen molar-refractivity contribution in [3.8, 4) is 11.3 Å². The molecule has 0 aliphatic carbocycles. The Balaban J connectivity index is 1.50. The SMILES string of the molecule is Cn1cc(CNc2cc(N3CCCCC3)ncn2)c(-c2ccccc2)n1. The van der Waals surface area contributed by atoms with E-state index < -0.39 is 0 Å². The summed E-state index contributed by atoms with van der Waals surface area (Å²) in [5.74, 6) is 1.86. The van der Waals surface area contributed by atoms with E-state index in [2.05, 4.69) is 43.6 Å². The number of nitrogens with zero attached hydrogens (tertiary/aromatic N) is 5. The van der Waals surface area contributed by atoms with Gasteiger partial charge in [-0.05, 0) is 19.3 Å². The molecule has 1 N–H and O–H groups in total. The highest BCUT2D eigenvalue weighted by Crippen LogP contribution is 2.23. The summed E-state index contributed by atoms with van der Waals surface area (Å²) in [5, 5.41) is 8.05. The van der Waals surface area contributed by atoms with Crippen LogP contribution in [0.2, 0.25) is 0 Å². The van der Waals surface area contributed by atoms with Crippen molar-refractivity contribution in [1.29, 1.82) is 0 Å². The van der Waals surface area contributed by atoms with Crippen LogP contribution in [-0.4, -0.2) is 32.8 Å². The van der Waals surface area contributed by atoms with Crippen LogP contribution in [0.25, 0.3) is 11.3 Å². The van der Waals surface area contributed by atoms with Crippen LogP contribution in [0, 0.1) is 0 Å². The number of nitrogens with one attached hydrogen (secondary N) is 1. The second-order valence-electron chi connectivity index (χ2n) is 6.71. The number of benzene rings is 1. The standard InChI is InChI=1S/C20H24N6/c1-25-14-17(20(24-25)16-8-4-2-5-9-16)13-21-18-12-19(23-15-22-18)26-10-6-3-7-11-26/h2,4-5,8-9,12,14-15H,3,6-7,10-11,13H2,1H3,(H,21,22,23). The average Bonchev–Trinajstić information content (AvgIpc) is 3.09. The molecule has 2 aromatic heterocycles. The fraction of sp³-hybridized carbons (Fsp3) is 0.350. The minimum atomic E-state index is 0.675. The van der Waals surface area contributed by atoms with Crippen LogP contribution in [0.1, 0.15) is 24.8 Å². The van der Waals surface area contributed by atoms with Gasteiger partial charge in [-0.1, -0.05) is 30.3 Å². The Morgan fingerprint density at radius 2 is 1.85 bits per heavy atom. The first kappa shape index (κ1) is 16.6. The van der Waals surface area contributed by atoms with Gasteiger partial charge in [-0.3, -0.25) is 4.68 Å². The molecule has 4 rings (SSSR count). The summed E-state index contributed by atoms with van der Waals surface area (Å²) < 4.78 is 1.86. The number of anilines is 2. The molecule has 1 fully saturated rings. The van der Waals surface area contributed by atoms with Gasteiger partial charge in [-0.2, -0.15) is 5.10 Å². The predicted octanol–water partition coefficient (Wildman–Crippen LogP) is 3.48. The predicted molar refractivity (Wildman–Crippen MR) is 104 cm³/mol. The van der Waals surface area contributed by atoms with Crippen LogP contribution < -0.4 is 10.2 Å². The number of aryl methyl sites for hydroxylation is 1. The molecule has 3 heterocycles. The van der Waals surface area contributed by atoms with Crippen molar-refractivity contribution in [2.24, 2.45) is 7.05 Å². The lowest BCUT2D eigenvalue weighted by molar-refractivity contribution is 0.573. The van der Waals surface area contributed by atoms with Gasteiger partial charge in [0, 0.05) is 50.1 Å². The molecule has 1 aliphatic heterocycles. The van der Waals surface area contributed by atoms with Gasteiger partial charge in [0.05, 0.1) is 5.69 Å². The number of rotatable bonds is 5. The van der Waals surface area contributed by atoms with E-state index in [9.17, 15) is 0 Å². The van der Waals surface area contributed by atoms with E-state index >= 15 is 0 Å². The zero-order valence-electron chi connectivity index (χ0n) is 15.1. The molecule has 0 bridgehead atoms. The smallest absolute Gasteiger partial charge is 0.134 e. The quantitative estimate of drug-likeness (QED) is 0.765. The highest BCUT2D eigenvalue weighted by atomic mass is 15.3. The number of aromatic nitrogens is 4. The maximum absolute atomic E-state index is 4.62. The molecule has 6 heteroatoms. The second-order valence-corrected chi connectivity index (χ2v) is 6.71. The normalized spacial score (nSPS) is 14.4. The van der Waals surface area contributed by atoms with Gasteiger partial charge in [-0.15, -0.1) is 0 Å². The molecule has 26 heavy (non-hydrogen) atoms. The zero-order valence-corrected chi connectivity index (χ0v) is 15.1. The summed E-state index contributed by atoms with van der Waals surface area (Å²) >= 11 is 0. The zero-order chi connectivity index (χ0) is 17.8. The van der Waals surface area contributed by atoms with Crippen molar-refractivity contribution in [3.05, 3.63) is 54.5 Å². The van der Waals surface area contributed by atoms with Crippen molar-refractivity contribution in [3.63, 3.8) is 0 Å². The summed E-state index contributed by atoms with van der Waals surface area (Å²) in [6.07, 6.45) is 7.50. The largest absolute Gasteiger partial charge is 0.366 e. The Hall–Kier alpha value is -2.89. The van der Waals surface area contributed by atoms with Gasteiger partial charge < -0.3 is 10.2 Å². The minimum absolute atomic E-state index is 0.675. The summed E-state index contributed by atoms with van der Waals surface area (Å²) in [6, 6.07) is 12.3. The van der Waals surface area contributed by atoms with Crippen molar-refractivity contribution in [2.45, 2.75) is 25.8 Å². The van der Waals surface area contributed by atoms with Gasteiger partial charge in [0.1, 0.15) is 18.0 Å². The van der Waals surface area contributed by atoms with Crippen molar-refractivity contribution >= 4 is 11.6 Å². The Kier molecular flexibility index (Phi) is 4.82. The van der Waals surface area contributed by atoms with Crippen molar-refractivity contribution < 1.29 is 0 Å². The van der Waals surface area contributed by atoms with Crippen LogP contribution in [-0.2, 0) is 13.6 Å². The van der Waals surface area contributed by atoms with E-state index in [0.29, 0.717) is 6.54 Å². The molecule has 1 saturated heterocycles. The third-order valence-electron chi connectivity index (χ3n) is 4.74. The second kappa shape index (κ2) is 7.56. The molecule has 0 spiro atoms.